The number of nitrogens with two attached hydrogens (primary N) is 1. The Hall–Kier alpha value is -2.86. The summed E-state index contributed by atoms with van der Waals surface area (Å²) >= 11 is 14.7. The summed E-state index contributed by atoms with van der Waals surface area (Å²) in [7, 11) is 0. The molecule has 0 saturated carbocycles. The monoisotopic (exact) mass is 608 g/mol. The number of β-lactam (4-membered cyclic amide) rings is 1. The third-order valence-electron chi connectivity index (χ3n) is 5.61. The molecule has 2 aromatic rings. The molecular weight excluding hydrogens is 583 g/mol. The molecule has 0 aromatic heterocycles. The van der Waals surface area contributed by atoms with Crippen LogP contribution in [0.5, 0.6) is 0 Å². The smallest absolute Gasteiger partial charge is 0.357 e. The van der Waals surface area contributed by atoms with E-state index < -0.39 is 34.9 Å². The summed E-state index contributed by atoms with van der Waals surface area (Å²) < 4.78 is 5.61. The maximum Gasteiger partial charge on any atom is 0.357 e. The van der Waals surface area contributed by atoms with Gasteiger partial charge in [-0.1, -0.05) is 41.4 Å². The molecule has 4 amide bonds. The van der Waals surface area contributed by atoms with Crippen LogP contribution in [0.3, 0.4) is 0 Å². The van der Waals surface area contributed by atoms with Gasteiger partial charge < -0.3 is 15.8 Å². The van der Waals surface area contributed by atoms with Gasteiger partial charge in [0.05, 0.1) is 22.2 Å². The highest BCUT2D eigenvalue weighted by Crippen LogP contribution is 2.43. The minimum absolute atomic E-state index is 0.00466. The molecule has 2 heterocycles. The van der Waals surface area contributed by atoms with Gasteiger partial charge in [-0.3, -0.25) is 19.4 Å². The molecule has 206 valence electrons. The van der Waals surface area contributed by atoms with Crippen LogP contribution in [-0.4, -0.2) is 57.2 Å². The number of anilines is 1. The van der Waals surface area contributed by atoms with E-state index in [1.165, 1.54) is 33.3 Å². The summed E-state index contributed by atoms with van der Waals surface area (Å²) in [4.78, 5) is 55.1. The first kappa shape index (κ1) is 29.1. The van der Waals surface area contributed by atoms with E-state index in [2.05, 4.69) is 5.32 Å². The summed E-state index contributed by atoms with van der Waals surface area (Å²) in [6, 6.07) is 11.9. The van der Waals surface area contributed by atoms with Gasteiger partial charge in [0.2, 0.25) is 5.91 Å². The zero-order valence-electron chi connectivity index (χ0n) is 21.3. The van der Waals surface area contributed by atoms with Crippen LogP contribution in [0, 0.1) is 0 Å². The Labute approximate surface area is 244 Å². The van der Waals surface area contributed by atoms with Crippen LogP contribution in [0.15, 0.2) is 64.8 Å². The number of carbonyl (C=O) groups excluding carboxylic acids is 4. The molecular formula is C26H26Cl2N4O5S2. The average Bonchev–Trinajstić information content (AvgIpc) is 2.87. The Morgan fingerprint density at radius 3 is 2.51 bits per heavy atom. The number of benzene rings is 2. The number of ether oxygens (including phenoxy) is 1. The third kappa shape index (κ3) is 6.49. The van der Waals surface area contributed by atoms with Crippen LogP contribution in [0.2, 0.25) is 10.0 Å². The second-order valence-electron chi connectivity index (χ2n) is 9.62. The van der Waals surface area contributed by atoms with Crippen molar-refractivity contribution in [2.75, 3.05) is 16.4 Å². The van der Waals surface area contributed by atoms with Crippen LogP contribution in [0.4, 0.5) is 10.5 Å². The number of fused-ring (bicyclic) bond motifs is 1. The third-order valence-corrected chi connectivity index (χ3v) is 8.61. The molecule has 9 nitrogen and oxygen atoms in total. The van der Waals surface area contributed by atoms with Gasteiger partial charge in [0.1, 0.15) is 17.0 Å². The Bertz CT molecular complexity index is 1350. The number of primary amides is 1. The van der Waals surface area contributed by atoms with E-state index in [1.807, 2.05) is 0 Å². The molecule has 4 rings (SSSR count). The number of nitrogens with zero attached hydrogens (tertiary/aromatic N) is 2. The van der Waals surface area contributed by atoms with E-state index in [9.17, 15) is 19.2 Å². The fourth-order valence-corrected chi connectivity index (χ4v) is 6.66. The predicted molar refractivity (Wildman–Crippen MR) is 154 cm³/mol. The summed E-state index contributed by atoms with van der Waals surface area (Å²) in [5.41, 5.74) is 5.46. The molecule has 2 aromatic carbocycles. The fourth-order valence-electron chi connectivity index (χ4n) is 4.03. The molecule has 1 saturated heterocycles. The molecule has 0 aliphatic carbocycles. The zero-order chi connectivity index (χ0) is 28.5. The molecule has 2 aliphatic rings. The highest BCUT2D eigenvalue weighted by Gasteiger charge is 2.55. The zero-order valence-corrected chi connectivity index (χ0v) is 24.4. The van der Waals surface area contributed by atoms with Crippen molar-refractivity contribution in [1.82, 2.24) is 10.2 Å². The van der Waals surface area contributed by atoms with Gasteiger partial charge in [-0.2, -0.15) is 0 Å². The number of carbonyl (C=O) groups is 4. The number of esters is 1. The number of rotatable bonds is 7. The number of urea groups is 1. The van der Waals surface area contributed by atoms with Crippen molar-refractivity contribution in [2.45, 2.75) is 42.7 Å². The summed E-state index contributed by atoms with van der Waals surface area (Å²) in [6.45, 7) is 5.11. The summed E-state index contributed by atoms with van der Waals surface area (Å²) in [6.07, 6.45) is 0. The highest BCUT2D eigenvalue weighted by atomic mass is 35.5. The molecule has 0 bridgehead atoms. The maximum absolute atomic E-state index is 13.4. The molecule has 1 fully saturated rings. The number of hydrogen-bond donors (Lipinski definition) is 2. The quantitative estimate of drug-likeness (QED) is 0.267. The molecule has 39 heavy (non-hydrogen) atoms. The standard InChI is InChI=1S/C26H26Cl2N4O5S2/c1-26(2,3)37-24(35)21-17(31(25(29)36)15-7-5-4-6-8-15)12-39-23-20(22(34)32(21)23)30-19(33)13-38-18-11-14(27)9-10-16(18)28/h4-11,20,23H,12-13H2,1-3H3,(H2,29,36)(H,30,33)/t20?,23-/m1/s1. The van der Waals surface area contributed by atoms with E-state index in [4.69, 9.17) is 33.7 Å². The lowest BCUT2D eigenvalue weighted by Crippen LogP contribution is -2.71. The van der Waals surface area contributed by atoms with E-state index >= 15 is 0 Å². The summed E-state index contributed by atoms with van der Waals surface area (Å²) in [5, 5.41) is 3.13. The predicted octanol–water partition coefficient (Wildman–Crippen LogP) is 4.62. The molecule has 13 heteroatoms. The van der Waals surface area contributed by atoms with Crippen molar-refractivity contribution in [3.8, 4) is 0 Å². The van der Waals surface area contributed by atoms with Gasteiger partial charge in [0.15, 0.2) is 5.70 Å². The molecule has 1 unspecified atom stereocenters. The Morgan fingerprint density at radius 1 is 1.18 bits per heavy atom. The van der Waals surface area contributed by atoms with Crippen LogP contribution in [0.1, 0.15) is 20.8 Å². The second-order valence-corrected chi connectivity index (χ2v) is 12.6. The van der Waals surface area contributed by atoms with Gasteiger partial charge in [0.25, 0.3) is 5.91 Å². The van der Waals surface area contributed by atoms with E-state index in [-0.39, 0.29) is 28.8 Å². The normalized spacial score (nSPS) is 18.7. The number of thioether (sulfide) groups is 2. The van der Waals surface area contributed by atoms with Crippen molar-refractivity contribution < 1.29 is 23.9 Å². The molecule has 2 aliphatic heterocycles. The van der Waals surface area contributed by atoms with Gasteiger partial charge in [0, 0.05) is 15.7 Å². The average molecular weight is 610 g/mol. The first-order valence-corrected chi connectivity index (χ1v) is 14.6. The number of halogens is 2. The van der Waals surface area contributed by atoms with Crippen LogP contribution in [-0.2, 0) is 19.1 Å². The SMILES string of the molecule is CC(C)(C)OC(=O)C1=C(N(C(N)=O)c2ccccc2)CS[C@@H]2C(NC(=O)CSc3cc(Cl)ccc3Cl)C(=O)N12. The lowest BCUT2D eigenvalue weighted by atomic mass is 10.0. The first-order valence-electron chi connectivity index (χ1n) is 11.8. The number of para-hydroxylation sites is 1. The van der Waals surface area contributed by atoms with Crippen molar-refractivity contribution in [2.24, 2.45) is 5.73 Å². The van der Waals surface area contributed by atoms with Crippen LogP contribution in [0.25, 0.3) is 0 Å². The van der Waals surface area contributed by atoms with Gasteiger partial charge >= 0.3 is 12.0 Å². The van der Waals surface area contributed by atoms with E-state index in [1.54, 1.807) is 69.3 Å². The van der Waals surface area contributed by atoms with Gasteiger partial charge in [-0.05, 0) is 51.1 Å². The molecule has 0 radical (unpaired) electrons. The summed E-state index contributed by atoms with van der Waals surface area (Å²) in [5.74, 6) is -1.48. The Balaban J connectivity index is 1.58. The van der Waals surface area contributed by atoms with Crippen molar-refractivity contribution in [3.63, 3.8) is 0 Å². The van der Waals surface area contributed by atoms with Gasteiger partial charge in [-0.15, -0.1) is 23.5 Å². The Kier molecular flexibility index (Phi) is 8.75. The van der Waals surface area contributed by atoms with Crippen LogP contribution >= 0.6 is 46.7 Å². The van der Waals surface area contributed by atoms with Crippen LogP contribution < -0.4 is 16.0 Å². The molecule has 0 spiro atoms. The maximum atomic E-state index is 13.4. The molecule has 2 atom stereocenters. The fraction of sp³-hybridized carbons (Fsp3) is 0.308. The number of hydrogen-bond acceptors (Lipinski definition) is 7. The Morgan fingerprint density at radius 2 is 1.87 bits per heavy atom. The first-order chi connectivity index (χ1) is 18.4. The topological polar surface area (TPSA) is 122 Å². The number of amides is 4. The van der Waals surface area contributed by atoms with E-state index in [0.717, 1.165) is 0 Å². The van der Waals surface area contributed by atoms with Crippen molar-refractivity contribution in [3.05, 3.63) is 70.0 Å². The minimum Gasteiger partial charge on any atom is -0.455 e. The highest BCUT2D eigenvalue weighted by molar-refractivity contribution is 8.00. The largest absolute Gasteiger partial charge is 0.455 e. The lowest BCUT2D eigenvalue weighted by Gasteiger charge is -2.50. The van der Waals surface area contributed by atoms with Crippen molar-refractivity contribution >= 4 is 76.2 Å². The van der Waals surface area contributed by atoms with Crippen molar-refractivity contribution in [1.29, 1.82) is 0 Å². The second kappa shape index (κ2) is 11.7. The molecule has 3 N–H and O–H groups in total. The lowest BCUT2D eigenvalue weighted by molar-refractivity contribution is -0.158. The van der Waals surface area contributed by atoms with Gasteiger partial charge in [-0.25, -0.2) is 9.59 Å². The minimum atomic E-state index is -0.865. The number of nitrogens with one attached hydrogen (secondary N) is 1. The van der Waals surface area contributed by atoms with E-state index in [0.29, 0.717) is 20.6 Å².